The first-order valence-electron chi connectivity index (χ1n) is 8.97. The summed E-state index contributed by atoms with van der Waals surface area (Å²) in [7, 11) is 0. The molecule has 0 N–H and O–H groups in total. The van der Waals surface area contributed by atoms with Gasteiger partial charge in [-0.15, -0.1) is 10.2 Å². The fourth-order valence-electron chi connectivity index (χ4n) is 3.02. The van der Waals surface area contributed by atoms with Gasteiger partial charge in [-0.2, -0.15) is 5.10 Å². The Labute approximate surface area is 163 Å². The van der Waals surface area contributed by atoms with Gasteiger partial charge in [0.05, 0.1) is 5.69 Å². The van der Waals surface area contributed by atoms with E-state index < -0.39 is 0 Å². The monoisotopic (exact) mass is 375 g/mol. The molecule has 0 aliphatic heterocycles. The van der Waals surface area contributed by atoms with E-state index in [9.17, 15) is 0 Å². The molecule has 0 aliphatic carbocycles. The van der Waals surface area contributed by atoms with Gasteiger partial charge in [0.25, 0.3) is 0 Å². The maximum atomic E-state index is 4.46. The lowest BCUT2D eigenvalue weighted by atomic mass is 10.1. The molecule has 0 saturated heterocycles. The van der Waals surface area contributed by atoms with Crippen LogP contribution < -0.4 is 0 Å². The Kier molecular flexibility index (Phi) is 5.07. The average Bonchev–Trinajstić information content (AvgIpc) is 3.37. The highest BCUT2D eigenvalue weighted by Crippen LogP contribution is 2.28. The Hall–Kier alpha value is -2.86. The zero-order valence-corrected chi connectivity index (χ0v) is 16.2. The minimum absolute atomic E-state index is 0.844. The van der Waals surface area contributed by atoms with E-state index in [4.69, 9.17) is 0 Å². The third-order valence-electron chi connectivity index (χ3n) is 4.49. The van der Waals surface area contributed by atoms with E-state index in [1.807, 2.05) is 29.1 Å². The van der Waals surface area contributed by atoms with Crippen LogP contribution in [0.25, 0.3) is 17.1 Å². The van der Waals surface area contributed by atoms with Crippen molar-refractivity contribution in [1.29, 1.82) is 0 Å². The van der Waals surface area contributed by atoms with Crippen LogP contribution in [0, 0.1) is 6.92 Å². The van der Waals surface area contributed by atoms with Gasteiger partial charge in [-0.3, -0.25) is 0 Å². The molecular formula is C21H21N5S. The molecule has 27 heavy (non-hydrogen) atoms. The van der Waals surface area contributed by atoms with Crippen LogP contribution in [0.4, 0.5) is 0 Å². The van der Waals surface area contributed by atoms with E-state index >= 15 is 0 Å². The molecule has 2 heterocycles. The van der Waals surface area contributed by atoms with Crippen LogP contribution in [0.15, 0.2) is 72.1 Å². The van der Waals surface area contributed by atoms with Crippen molar-refractivity contribution in [2.75, 3.05) is 0 Å². The molecule has 4 rings (SSSR count). The number of hydrogen-bond donors (Lipinski definition) is 0. The van der Waals surface area contributed by atoms with Crippen LogP contribution >= 0.6 is 11.8 Å². The van der Waals surface area contributed by atoms with Crippen LogP contribution in [-0.4, -0.2) is 24.5 Å². The highest BCUT2D eigenvalue weighted by Gasteiger charge is 2.14. The minimum atomic E-state index is 0.844. The standard InChI is InChI=1S/C21H21N5S/c1-3-25-20(19-8-5-4-7-16(19)2)23-24-21(25)27-15-17-9-11-18(12-10-17)26-14-6-13-22-26/h4-14H,3,15H2,1-2H3. The summed E-state index contributed by atoms with van der Waals surface area (Å²) in [4.78, 5) is 0. The summed E-state index contributed by atoms with van der Waals surface area (Å²) in [6.45, 7) is 5.09. The topological polar surface area (TPSA) is 48.5 Å². The van der Waals surface area contributed by atoms with E-state index in [0.717, 1.165) is 34.5 Å². The molecule has 0 bridgehead atoms. The molecule has 2 aromatic heterocycles. The Morgan fingerprint density at radius 3 is 2.48 bits per heavy atom. The highest BCUT2D eigenvalue weighted by atomic mass is 32.2. The zero-order chi connectivity index (χ0) is 18.6. The van der Waals surface area contributed by atoms with Crippen molar-refractivity contribution in [3.05, 3.63) is 78.1 Å². The smallest absolute Gasteiger partial charge is 0.191 e. The van der Waals surface area contributed by atoms with Crippen molar-refractivity contribution in [3.63, 3.8) is 0 Å². The largest absolute Gasteiger partial charge is 0.302 e. The summed E-state index contributed by atoms with van der Waals surface area (Å²) in [6, 6.07) is 18.7. The van der Waals surface area contributed by atoms with Gasteiger partial charge in [-0.05, 0) is 43.2 Å². The lowest BCUT2D eigenvalue weighted by Crippen LogP contribution is -2.01. The molecule has 0 saturated carbocycles. The van der Waals surface area contributed by atoms with Crippen LogP contribution in [0.3, 0.4) is 0 Å². The first kappa shape index (κ1) is 17.5. The van der Waals surface area contributed by atoms with Crippen LogP contribution in [0.5, 0.6) is 0 Å². The quantitative estimate of drug-likeness (QED) is 0.456. The van der Waals surface area contributed by atoms with Gasteiger partial charge in [-0.1, -0.05) is 48.2 Å². The van der Waals surface area contributed by atoms with E-state index in [2.05, 4.69) is 70.1 Å². The summed E-state index contributed by atoms with van der Waals surface area (Å²) < 4.78 is 4.05. The first-order chi connectivity index (χ1) is 13.3. The number of rotatable bonds is 6. The molecule has 0 unspecified atom stereocenters. The second-order valence-corrected chi connectivity index (χ2v) is 7.21. The highest BCUT2D eigenvalue weighted by molar-refractivity contribution is 7.98. The first-order valence-corrected chi connectivity index (χ1v) is 9.96. The third-order valence-corrected chi connectivity index (χ3v) is 5.53. The summed E-state index contributed by atoms with van der Waals surface area (Å²) in [5.41, 5.74) is 4.67. The third kappa shape index (κ3) is 3.66. The maximum absolute atomic E-state index is 4.46. The van der Waals surface area contributed by atoms with Crippen molar-refractivity contribution in [1.82, 2.24) is 24.5 Å². The normalized spacial score (nSPS) is 11.0. The second kappa shape index (κ2) is 7.80. The van der Waals surface area contributed by atoms with Crippen molar-refractivity contribution in [2.24, 2.45) is 0 Å². The van der Waals surface area contributed by atoms with E-state index in [0.29, 0.717) is 0 Å². The number of nitrogens with zero attached hydrogens (tertiary/aromatic N) is 5. The molecule has 5 nitrogen and oxygen atoms in total. The fourth-order valence-corrected chi connectivity index (χ4v) is 3.98. The Morgan fingerprint density at radius 1 is 0.963 bits per heavy atom. The van der Waals surface area contributed by atoms with Gasteiger partial charge in [0.2, 0.25) is 0 Å². The van der Waals surface area contributed by atoms with Crippen LogP contribution in [-0.2, 0) is 12.3 Å². The molecule has 0 fully saturated rings. The predicted molar refractivity (Wildman–Crippen MR) is 109 cm³/mol. The fraction of sp³-hybridized carbons (Fsp3) is 0.190. The SMILES string of the molecule is CCn1c(SCc2ccc(-n3cccn3)cc2)nnc1-c1ccccc1C. The average molecular weight is 376 g/mol. The Morgan fingerprint density at radius 2 is 1.78 bits per heavy atom. The Bertz CT molecular complexity index is 1020. The molecule has 4 aromatic rings. The number of aromatic nitrogens is 5. The van der Waals surface area contributed by atoms with E-state index in [-0.39, 0.29) is 0 Å². The van der Waals surface area contributed by atoms with Gasteiger partial charge in [-0.25, -0.2) is 4.68 Å². The summed E-state index contributed by atoms with van der Waals surface area (Å²) in [5, 5.41) is 14.1. The van der Waals surface area contributed by atoms with Gasteiger partial charge >= 0.3 is 0 Å². The van der Waals surface area contributed by atoms with Crippen molar-refractivity contribution < 1.29 is 0 Å². The summed E-state index contributed by atoms with van der Waals surface area (Å²) in [6.07, 6.45) is 3.73. The number of aryl methyl sites for hydroxylation is 1. The molecule has 0 radical (unpaired) electrons. The van der Waals surface area contributed by atoms with Gasteiger partial charge in [0, 0.05) is 30.3 Å². The minimum Gasteiger partial charge on any atom is -0.302 e. The van der Waals surface area contributed by atoms with Crippen LogP contribution in [0.1, 0.15) is 18.1 Å². The molecule has 0 spiro atoms. The predicted octanol–water partition coefficient (Wildman–Crippen LogP) is 4.75. The second-order valence-electron chi connectivity index (χ2n) is 6.27. The molecule has 0 atom stereocenters. The number of thioether (sulfide) groups is 1. The molecule has 0 aliphatic rings. The number of hydrogen-bond acceptors (Lipinski definition) is 4. The lowest BCUT2D eigenvalue weighted by molar-refractivity contribution is 0.687. The van der Waals surface area contributed by atoms with Gasteiger partial charge in [0.15, 0.2) is 11.0 Å². The summed E-state index contributed by atoms with van der Waals surface area (Å²) >= 11 is 1.72. The molecule has 136 valence electrons. The Balaban J connectivity index is 1.51. The van der Waals surface area contributed by atoms with Crippen molar-refractivity contribution in [2.45, 2.75) is 31.3 Å². The van der Waals surface area contributed by atoms with Crippen molar-refractivity contribution >= 4 is 11.8 Å². The van der Waals surface area contributed by atoms with E-state index in [1.165, 1.54) is 11.1 Å². The van der Waals surface area contributed by atoms with Crippen LogP contribution in [0.2, 0.25) is 0 Å². The number of benzene rings is 2. The molecule has 6 heteroatoms. The zero-order valence-electron chi connectivity index (χ0n) is 15.4. The maximum Gasteiger partial charge on any atom is 0.191 e. The van der Waals surface area contributed by atoms with Crippen molar-refractivity contribution in [3.8, 4) is 17.1 Å². The molecule has 0 amide bonds. The molecular weight excluding hydrogens is 354 g/mol. The lowest BCUT2D eigenvalue weighted by Gasteiger charge is -2.09. The van der Waals surface area contributed by atoms with Gasteiger partial charge < -0.3 is 4.57 Å². The van der Waals surface area contributed by atoms with Gasteiger partial charge in [0.1, 0.15) is 0 Å². The summed E-state index contributed by atoms with van der Waals surface area (Å²) in [5.74, 6) is 1.79. The van der Waals surface area contributed by atoms with E-state index in [1.54, 1.807) is 18.0 Å². The molecule has 2 aromatic carbocycles.